The zero-order chi connectivity index (χ0) is 23.5. The Bertz CT molecular complexity index is 1100. The van der Waals surface area contributed by atoms with Gasteiger partial charge >= 0.3 is 0 Å². The highest BCUT2D eigenvalue weighted by Crippen LogP contribution is 2.37. The van der Waals surface area contributed by atoms with Gasteiger partial charge in [0.2, 0.25) is 0 Å². The second kappa shape index (κ2) is 9.84. The first-order valence-electron chi connectivity index (χ1n) is 11.8. The summed E-state index contributed by atoms with van der Waals surface area (Å²) in [4.78, 5) is 16.9. The van der Waals surface area contributed by atoms with Crippen LogP contribution >= 0.6 is 0 Å². The predicted octanol–water partition coefficient (Wildman–Crippen LogP) is 2.95. The Morgan fingerprint density at radius 3 is 2.50 bits per heavy atom. The SMILES string of the molecule is COc1ccc([C@@H](c2nnnn2C2CCCC2)N2CCN(C(=O)c3ccco3)CC2)cc1OC. The minimum atomic E-state index is -0.170. The number of furan rings is 1. The van der Waals surface area contributed by atoms with Crippen LogP contribution in [0, 0.1) is 0 Å². The number of benzene rings is 1. The molecule has 1 amide bonds. The Balaban J connectivity index is 1.45. The molecule has 10 nitrogen and oxygen atoms in total. The monoisotopic (exact) mass is 466 g/mol. The number of piperazine rings is 1. The van der Waals surface area contributed by atoms with Crippen LogP contribution in [0.5, 0.6) is 11.5 Å². The molecule has 0 spiro atoms. The first kappa shape index (κ1) is 22.4. The summed E-state index contributed by atoms with van der Waals surface area (Å²) in [5.74, 6) is 2.45. The van der Waals surface area contributed by atoms with E-state index in [1.807, 2.05) is 27.8 Å². The van der Waals surface area contributed by atoms with Gasteiger partial charge in [0.1, 0.15) is 0 Å². The van der Waals surface area contributed by atoms with E-state index in [-0.39, 0.29) is 11.9 Å². The third-order valence-electron chi connectivity index (χ3n) is 6.86. The Morgan fingerprint density at radius 1 is 1.06 bits per heavy atom. The molecule has 5 rings (SSSR count). The van der Waals surface area contributed by atoms with Crippen molar-refractivity contribution in [2.24, 2.45) is 0 Å². The summed E-state index contributed by atoms with van der Waals surface area (Å²) in [7, 11) is 3.27. The third-order valence-corrected chi connectivity index (χ3v) is 6.86. The van der Waals surface area contributed by atoms with E-state index < -0.39 is 0 Å². The van der Waals surface area contributed by atoms with Crippen molar-refractivity contribution in [3.8, 4) is 11.5 Å². The summed E-state index contributed by atoms with van der Waals surface area (Å²) in [6.45, 7) is 2.55. The van der Waals surface area contributed by atoms with Crippen molar-refractivity contribution in [2.75, 3.05) is 40.4 Å². The van der Waals surface area contributed by atoms with Gasteiger partial charge in [-0.05, 0) is 53.1 Å². The van der Waals surface area contributed by atoms with Crippen LogP contribution in [0.25, 0.3) is 0 Å². The number of methoxy groups -OCH3 is 2. The van der Waals surface area contributed by atoms with Gasteiger partial charge in [-0.3, -0.25) is 9.69 Å². The van der Waals surface area contributed by atoms with E-state index in [2.05, 4.69) is 20.4 Å². The Hall–Kier alpha value is -3.40. The molecule has 2 aliphatic rings. The molecule has 3 heterocycles. The second-order valence-electron chi connectivity index (χ2n) is 8.74. The molecular formula is C24H30N6O4. The number of hydrogen-bond acceptors (Lipinski definition) is 8. The first-order chi connectivity index (χ1) is 16.7. The fourth-order valence-corrected chi connectivity index (χ4v) is 5.07. The third kappa shape index (κ3) is 4.25. The normalized spacial score (nSPS) is 18.2. The predicted molar refractivity (Wildman–Crippen MR) is 123 cm³/mol. The van der Waals surface area contributed by atoms with Crippen molar-refractivity contribution in [1.29, 1.82) is 0 Å². The van der Waals surface area contributed by atoms with Crippen LogP contribution in [0.2, 0.25) is 0 Å². The van der Waals surface area contributed by atoms with Gasteiger partial charge in [-0.1, -0.05) is 18.9 Å². The van der Waals surface area contributed by atoms with E-state index >= 15 is 0 Å². The lowest BCUT2D eigenvalue weighted by atomic mass is 10.0. The van der Waals surface area contributed by atoms with Gasteiger partial charge in [0.05, 0.1) is 32.6 Å². The Kier molecular flexibility index (Phi) is 6.48. The largest absolute Gasteiger partial charge is 0.493 e. The number of carbonyl (C=O) groups excluding carboxylic acids is 1. The molecule has 1 aromatic carbocycles. The highest BCUT2D eigenvalue weighted by molar-refractivity contribution is 5.91. The summed E-state index contributed by atoms with van der Waals surface area (Å²) in [5, 5.41) is 13.0. The quantitative estimate of drug-likeness (QED) is 0.524. The summed E-state index contributed by atoms with van der Waals surface area (Å²) < 4.78 is 18.4. The summed E-state index contributed by atoms with van der Waals surface area (Å²) in [5.41, 5.74) is 1.03. The number of carbonyl (C=O) groups is 1. The number of hydrogen-bond donors (Lipinski definition) is 0. The van der Waals surface area contributed by atoms with Gasteiger partial charge in [-0.15, -0.1) is 5.10 Å². The van der Waals surface area contributed by atoms with Crippen LogP contribution in [0.15, 0.2) is 41.0 Å². The Morgan fingerprint density at radius 2 is 1.82 bits per heavy atom. The van der Waals surface area contributed by atoms with Gasteiger partial charge < -0.3 is 18.8 Å². The molecule has 2 aromatic heterocycles. The standard InChI is InChI=1S/C24H30N6O4/c1-32-19-10-9-17(16-21(19)33-2)22(23-25-26-27-30(23)18-6-3-4-7-18)28-11-13-29(14-12-28)24(31)20-8-5-15-34-20/h5,8-10,15-16,18,22H,3-4,6-7,11-14H2,1-2H3/t22-/m0/s1. The average molecular weight is 467 g/mol. The van der Waals surface area contributed by atoms with Gasteiger partial charge in [-0.2, -0.15) is 0 Å². The van der Waals surface area contributed by atoms with Crippen LogP contribution in [-0.4, -0.2) is 76.3 Å². The van der Waals surface area contributed by atoms with Crippen LogP contribution in [0.3, 0.4) is 0 Å². The number of nitrogens with zero attached hydrogens (tertiary/aromatic N) is 6. The average Bonchev–Trinajstić information content (AvgIpc) is 3.67. The summed E-state index contributed by atoms with van der Waals surface area (Å²) in [6, 6.07) is 9.54. The molecule has 1 saturated carbocycles. The van der Waals surface area contributed by atoms with Crippen molar-refractivity contribution >= 4 is 5.91 Å². The molecular weight excluding hydrogens is 436 g/mol. The van der Waals surface area contributed by atoms with E-state index in [4.69, 9.17) is 13.9 Å². The summed E-state index contributed by atoms with van der Waals surface area (Å²) in [6.07, 6.45) is 6.08. The molecule has 0 N–H and O–H groups in total. The number of tetrazole rings is 1. The molecule has 0 unspecified atom stereocenters. The van der Waals surface area contributed by atoms with Gasteiger partial charge in [0.25, 0.3) is 5.91 Å². The van der Waals surface area contributed by atoms with Gasteiger partial charge in [0, 0.05) is 26.2 Å². The lowest BCUT2D eigenvalue weighted by molar-refractivity contribution is 0.0558. The van der Waals surface area contributed by atoms with E-state index in [1.165, 1.54) is 19.1 Å². The van der Waals surface area contributed by atoms with E-state index in [0.717, 1.165) is 24.2 Å². The van der Waals surface area contributed by atoms with Gasteiger partial charge in [-0.25, -0.2) is 4.68 Å². The maximum atomic E-state index is 12.8. The first-order valence-corrected chi connectivity index (χ1v) is 11.8. The molecule has 3 aromatic rings. The van der Waals surface area contributed by atoms with E-state index in [9.17, 15) is 4.79 Å². The number of amides is 1. The molecule has 2 fully saturated rings. The number of rotatable bonds is 7. The topological polar surface area (TPSA) is 98.8 Å². The molecule has 1 saturated heterocycles. The van der Waals surface area contributed by atoms with Crippen molar-refractivity contribution in [3.05, 3.63) is 53.7 Å². The van der Waals surface area contributed by atoms with Crippen molar-refractivity contribution in [1.82, 2.24) is 30.0 Å². The summed E-state index contributed by atoms with van der Waals surface area (Å²) >= 11 is 0. The number of aromatic nitrogens is 4. The molecule has 1 aliphatic carbocycles. The van der Waals surface area contributed by atoms with Crippen molar-refractivity contribution in [2.45, 2.75) is 37.8 Å². The Labute approximate surface area is 198 Å². The fraction of sp³-hybridized carbons (Fsp3) is 0.500. The molecule has 1 atom stereocenters. The number of ether oxygens (including phenoxy) is 2. The van der Waals surface area contributed by atoms with Crippen LogP contribution < -0.4 is 9.47 Å². The van der Waals surface area contributed by atoms with Crippen LogP contribution in [0.1, 0.15) is 59.7 Å². The smallest absolute Gasteiger partial charge is 0.289 e. The van der Waals surface area contributed by atoms with E-state index in [0.29, 0.717) is 49.5 Å². The lowest BCUT2D eigenvalue weighted by Crippen LogP contribution is -2.50. The zero-order valence-corrected chi connectivity index (χ0v) is 19.6. The lowest BCUT2D eigenvalue weighted by Gasteiger charge is -2.39. The molecule has 180 valence electrons. The molecule has 0 bridgehead atoms. The highest BCUT2D eigenvalue weighted by atomic mass is 16.5. The second-order valence-corrected chi connectivity index (χ2v) is 8.74. The van der Waals surface area contributed by atoms with Crippen molar-refractivity contribution < 1.29 is 18.7 Å². The fourth-order valence-electron chi connectivity index (χ4n) is 5.07. The zero-order valence-electron chi connectivity index (χ0n) is 19.6. The molecule has 1 aliphatic heterocycles. The maximum absolute atomic E-state index is 12.8. The highest BCUT2D eigenvalue weighted by Gasteiger charge is 2.34. The minimum Gasteiger partial charge on any atom is -0.493 e. The molecule has 10 heteroatoms. The molecule has 34 heavy (non-hydrogen) atoms. The molecule has 0 radical (unpaired) electrons. The van der Waals surface area contributed by atoms with E-state index in [1.54, 1.807) is 26.4 Å². The van der Waals surface area contributed by atoms with Crippen LogP contribution in [-0.2, 0) is 0 Å². The van der Waals surface area contributed by atoms with Gasteiger partial charge in [0.15, 0.2) is 23.1 Å². The minimum absolute atomic E-state index is 0.0805. The van der Waals surface area contributed by atoms with Crippen molar-refractivity contribution in [3.63, 3.8) is 0 Å². The maximum Gasteiger partial charge on any atom is 0.289 e. The van der Waals surface area contributed by atoms with Crippen LogP contribution in [0.4, 0.5) is 0 Å².